The molecule has 0 fully saturated rings. The van der Waals surface area contributed by atoms with Gasteiger partial charge in [0, 0.05) is 36.3 Å². The molecule has 7 heteroatoms. The molecule has 2 aromatic rings. The molecule has 0 radical (unpaired) electrons. The number of hydrogen-bond donors (Lipinski definition) is 0. The zero-order valence-electron chi connectivity index (χ0n) is 13.6. The third kappa shape index (κ3) is 4.78. The number of aliphatic carboxylic acids is 1. The van der Waals surface area contributed by atoms with Crippen LogP contribution in [0.3, 0.4) is 0 Å². The topological polar surface area (TPSA) is 108 Å². The Labute approximate surface area is 144 Å². The van der Waals surface area contributed by atoms with Crippen molar-refractivity contribution in [3.63, 3.8) is 0 Å². The molecule has 0 amide bonds. The molecule has 0 N–H and O–H groups in total. The van der Waals surface area contributed by atoms with Gasteiger partial charge in [0.05, 0.1) is 12.3 Å². The first-order valence-corrected chi connectivity index (χ1v) is 7.66. The van der Waals surface area contributed by atoms with Crippen molar-refractivity contribution >= 4 is 18.0 Å². The van der Waals surface area contributed by atoms with Gasteiger partial charge in [-0.05, 0) is 13.0 Å². The van der Waals surface area contributed by atoms with Crippen LogP contribution in [0.4, 0.5) is 0 Å². The van der Waals surface area contributed by atoms with E-state index in [1.807, 2.05) is 36.4 Å². The van der Waals surface area contributed by atoms with Crippen molar-refractivity contribution in [1.82, 2.24) is 9.78 Å². The number of benzene rings is 1. The molecule has 0 spiro atoms. The van der Waals surface area contributed by atoms with E-state index in [2.05, 4.69) is 5.10 Å². The zero-order valence-corrected chi connectivity index (χ0v) is 13.6. The molecular weight excluding hydrogens is 322 g/mol. The predicted octanol–water partition coefficient (Wildman–Crippen LogP) is 1.16. The van der Waals surface area contributed by atoms with Crippen molar-refractivity contribution in [2.45, 2.75) is 19.9 Å². The van der Waals surface area contributed by atoms with Crippen molar-refractivity contribution in [2.24, 2.45) is 0 Å². The second kappa shape index (κ2) is 8.45. The minimum absolute atomic E-state index is 0.122. The van der Waals surface area contributed by atoms with Crippen LogP contribution in [0.5, 0.6) is 0 Å². The number of nitriles is 1. The molecule has 1 aromatic carbocycles. The summed E-state index contributed by atoms with van der Waals surface area (Å²) in [6.45, 7) is 1.94. The van der Waals surface area contributed by atoms with Gasteiger partial charge in [0.15, 0.2) is 0 Å². The van der Waals surface area contributed by atoms with Gasteiger partial charge < -0.3 is 14.6 Å². The van der Waals surface area contributed by atoms with Gasteiger partial charge in [-0.1, -0.05) is 30.3 Å². The molecule has 1 heterocycles. The molecule has 0 saturated heterocycles. The van der Waals surface area contributed by atoms with E-state index in [9.17, 15) is 20.0 Å². The molecule has 1 aromatic heterocycles. The first kappa shape index (κ1) is 17.9. The molecule has 0 aliphatic rings. The number of nitrogens with zero attached hydrogens (tertiary/aromatic N) is 3. The number of ether oxygens (including phenoxy) is 1. The van der Waals surface area contributed by atoms with Crippen LogP contribution in [0, 0.1) is 11.3 Å². The van der Waals surface area contributed by atoms with E-state index in [4.69, 9.17) is 4.74 Å². The largest absolute Gasteiger partial charge is 0.550 e. The zero-order chi connectivity index (χ0) is 18.2. The predicted molar refractivity (Wildman–Crippen MR) is 87.5 cm³/mol. The highest BCUT2D eigenvalue weighted by Crippen LogP contribution is 2.24. The second-order valence-corrected chi connectivity index (χ2v) is 5.07. The van der Waals surface area contributed by atoms with Gasteiger partial charge in [-0.2, -0.15) is 10.4 Å². The van der Waals surface area contributed by atoms with E-state index < -0.39 is 11.9 Å². The van der Waals surface area contributed by atoms with E-state index in [-0.39, 0.29) is 25.1 Å². The third-order valence-electron chi connectivity index (χ3n) is 3.30. The maximum atomic E-state index is 11.8. The fraction of sp³-hybridized carbons (Fsp3) is 0.222. The quantitative estimate of drug-likeness (QED) is 0.426. The Bertz CT molecular complexity index is 832. The SMILES string of the molecule is CCOC(=O)C(C#N)=Cc1cn(CCC(=O)[O-])nc1-c1ccccc1. The number of aryl methyl sites for hydroxylation is 1. The van der Waals surface area contributed by atoms with E-state index in [0.717, 1.165) is 5.56 Å². The fourth-order valence-corrected chi connectivity index (χ4v) is 2.18. The Morgan fingerprint density at radius 3 is 2.68 bits per heavy atom. The smallest absolute Gasteiger partial charge is 0.348 e. The van der Waals surface area contributed by atoms with Gasteiger partial charge in [-0.15, -0.1) is 0 Å². The van der Waals surface area contributed by atoms with Gasteiger partial charge in [0.1, 0.15) is 11.6 Å². The molecule has 0 atom stereocenters. The lowest BCUT2D eigenvalue weighted by Gasteiger charge is -2.02. The summed E-state index contributed by atoms with van der Waals surface area (Å²) >= 11 is 0. The highest BCUT2D eigenvalue weighted by atomic mass is 16.5. The van der Waals surface area contributed by atoms with Gasteiger partial charge >= 0.3 is 5.97 Å². The molecular formula is C18H16N3O4-. The van der Waals surface area contributed by atoms with Crippen LogP contribution in [0.15, 0.2) is 42.1 Å². The van der Waals surface area contributed by atoms with Gasteiger partial charge in [0.25, 0.3) is 0 Å². The lowest BCUT2D eigenvalue weighted by atomic mass is 10.1. The van der Waals surface area contributed by atoms with E-state index in [0.29, 0.717) is 11.3 Å². The summed E-state index contributed by atoms with van der Waals surface area (Å²) in [5.41, 5.74) is 1.69. The molecule has 0 aliphatic carbocycles. The fourth-order valence-electron chi connectivity index (χ4n) is 2.18. The van der Waals surface area contributed by atoms with Crippen LogP contribution in [0.2, 0.25) is 0 Å². The highest BCUT2D eigenvalue weighted by molar-refractivity contribution is 5.98. The number of hydrogen-bond acceptors (Lipinski definition) is 6. The van der Waals surface area contributed by atoms with Gasteiger partial charge in [-0.3, -0.25) is 4.68 Å². The van der Waals surface area contributed by atoms with Crippen molar-refractivity contribution in [3.8, 4) is 17.3 Å². The monoisotopic (exact) mass is 338 g/mol. The first-order valence-electron chi connectivity index (χ1n) is 7.66. The number of esters is 1. The van der Waals surface area contributed by atoms with Crippen molar-refractivity contribution in [1.29, 1.82) is 5.26 Å². The maximum absolute atomic E-state index is 11.8. The van der Waals surface area contributed by atoms with Crippen LogP contribution in [-0.4, -0.2) is 28.3 Å². The third-order valence-corrected chi connectivity index (χ3v) is 3.30. The van der Waals surface area contributed by atoms with Crippen LogP contribution >= 0.6 is 0 Å². The lowest BCUT2D eigenvalue weighted by molar-refractivity contribution is -0.306. The van der Waals surface area contributed by atoms with E-state index in [1.165, 1.54) is 10.8 Å². The molecule has 0 saturated carbocycles. The second-order valence-electron chi connectivity index (χ2n) is 5.07. The summed E-state index contributed by atoms with van der Waals surface area (Å²) in [7, 11) is 0. The molecule has 128 valence electrons. The first-order chi connectivity index (χ1) is 12.0. The number of carboxylic acids is 1. The minimum Gasteiger partial charge on any atom is -0.550 e. The number of carboxylic acid groups (broad SMARTS) is 1. The highest BCUT2D eigenvalue weighted by Gasteiger charge is 2.15. The number of aromatic nitrogens is 2. The van der Waals surface area contributed by atoms with Crippen molar-refractivity contribution in [3.05, 3.63) is 47.7 Å². The maximum Gasteiger partial charge on any atom is 0.348 e. The number of carbonyl (C=O) groups excluding carboxylic acids is 2. The van der Waals surface area contributed by atoms with E-state index >= 15 is 0 Å². The molecule has 0 aliphatic heterocycles. The van der Waals surface area contributed by atoms with Crippen LogP contribution in [0.25, 0.3) is 17.3 Å². The molecule has 25 heavy (non-hydrogen) atoms. The van der Waals surface area contributed by atoms with Crippen molar-refractivity contribution in [2.75, 3.05) is 6.61 Å². The Morgan fingerprint density at radius 2 is 2.08 bits per heavy atom. The Balaban J connectivity index is 2.45. The Morgan fingerprint density at radius 1 is 1.36 bits per heavy atom. The van der Waals surface area contributed by atoms with Crippen LogP contribution in [0.1, 0.15) is 18.9 Å². The molecule has 0 unspecified atom stereocenters. The van der Waals surface area contributed by atoms with Crippen LogP contribution < -0.4 is 5.11 Å². The minimum atomic E-state index is -1.18. The van der Waals surface area contributed by atoms with Crippen molar-refractivity contribution < 1.29 is 19.4 Å². The van der Waals surface area contributed by atoms with Crippen LogP contribution in [-0.2, 0) is 20.9 Å². The molecule has 2 rings (SSSR count). The molecule has 0 bridgehead atoms. The summed E-state index contributed by atoms with van der Waals surface area (Å²) in [5, 5.41) is 24.2. The van der Waals surface area contributed by atoms with E-state index in [1.54, 1.807) is 13.1 Å². The lowest BCUT2D eigenvalue weighted by Crippen LogP contribution is -2.23. The summed E-state index contributed by atoms with van der Waals surface area (Å²) in [4.78, 5) is 22.5. The number of rotatable bonds is 7. The summed E-state index contributed by atoms with van der Waals surface area (Å²) in [5.74, 6) is -1.90. The number of carbonyl (C=O) groups is 2. The summed E-state index contributed by atoms with van der Waals surface area (Å²) in [6.07, 6.45) is 2.78. The Hall–Kier alpha value is -3.40. The molecule has 7 nitrogen and oxygen atoms in total. The average molecular weight is 338 g/mol. The Kier molecular flexibility index (Phi) is 6.07. The summed E-state index contributed by atoms with van der Waals surface area (Å²) < 4.78 is 6.30. The standard InChI is InChI=1S/C18H17N3O4/c1-2-25-18(24)14(11-19)10-15-12-21(9-8-16(22)23)20-17(15)13-6-4-3-5-7-13/h3-7,10,12H,2,8-9H2,1H3,(H,22,23)/p-1. The normalized spacial score (nSPS) is 11.0. The van der Waals surface area contributed by atoms with Gasteiger partial charge in [0.2, 0.25) is 0 Å². The van der Waals surface area contributed by atoms with Gasteiger partial charge in [-0.25, -0.2) is 4.79 Å². The average Bonchev–Trinajstić information content (AvgIpc) is 3.01. The summed E-state index contributed by atoms with van der Waals surface area (Å²) in [6, 6.07) is 11.0.